The molecule has 6 heteroatoms. The lowest BCUT2D eigenvalue weighted by molar-refractivity contribution is -0.172. The fourth-order valence-electron chi connectivity index (χ4n) is 1.68. The Morgan fingerprint density at radius 3 is 2.44 bits per heavy atom. The van der Waals surface area contributed by atoms with Gasteiger partial charge in [0, 0.05) is 17.3 Å². The van der Waals surface area contributed by atoms with Gasteiger partial charge in [0.05, 0.1) is 5.56 Å². The SMILES string of the molecule is Cc1cccc(Br)c1C(=O)ON1C(=O)CCC1=O. The number of rotatable bonds is 2. The van der Waals surface area contributed by atoms with E-state index in [4.69, 9.17) is 4.84 Å². The summed E-state index contributed by atoms with van der Waals surface area (Å²) in [7, 11) is 0. The number of carbonyl (C=O) groups is 3. The molecule has 5 nitrogen and oxygen atoms in total. The summed E-state index contributed by atoms with van der Waals surface area (Å²) in [5, 5.41) is 0.543. The maximum atomic E-state index is 11.9. The maximum absolute atomic E-state index is 11.9. The number of halogens is 1. The first-order chi connectivity index (χ1) is 8.50. The molecule has 1 heterocycles. The van der Waals surface area contributed by atoms with Gasteiger partial charge >= 0.3 is 5.97 Å². The highest BCUT2D eigenvalue weighted by Gasteiger charge is 2.33. The number of nitrogens with zero attached hydrogens (tertiary/aromatic N) is 1. The van der Waals surface area contributed by atoms with Crippen LogP contribution in [0.2, 0.25) is 0 Å². The van der Waals surface area contributed by atoms with E-state index < -0.39 is 17.8 Å². The number of hydrogen-bond donors (Lipinski definition) is 0. The Balaban J connectivity index is 2.23. The number of hydrogen-bond acceptors (Lipinski definition) is 4. The topological polar surface area (TPSA) is 63.7 Å². The van der Waals surface area contributed by atoms with Crippen LogP contribution in [0.3, 0.4) is 0 Å². The van der Waals surface area contributed by atoms with Gasteiger partial charge in [0.1, 0.15) is 0 Å². The molecule has 0 saturated carbocycles. The molecule has 0 aliphatic carbocycles. The lowest BCUT2D eigenvalue weighted by atomic mass is 10.1. The highest BCUT2D eigenvalue weighted by atomic mass is 79.9. The van der Waals surface area contributed by atoms with Crippen LogP contribution in [0, 0.1) is 6.92 Å². The second-order valence-corrected chi connectivity index (χ2v) is 4.75. The van der Waals surface area contributed by atoms with E-state index >= 15 is 0 Å². The van der Waals surface area contributed by atoms with Crippen molar-refractivity contribution in [2.45, 2.75) is 19.8 Å². The Morgan fingerprint density at radius 2 is 1.89 bits per heavy atom. The van der Waals surface area contributed by atoms with Gasteiger partial charge in [-0.25, -0.2) is 4.79 Å². The average molecular weight is 312 g/mol. The highest BCUT2D eigenvalue weighted by molar-refractivity contribution is 9.10. The van der Waals surface area contributed by atoms with E-state index in [1.54, 1.807) is 25.1 Å². The molecule has 0 aromatic heterocycles. The number of imide groups is 1. The first-order valence-electron chi connectivity index (χ1n) is 5.34. The Kier molecular flexibility index (Phi) is 3.47. The molecular weight excluding hydrogens is 302 g/mol. The number of aryl methyl sites for hydroxylation is 1. The molecule has 18 heavy (non-hydrogen) atoms. The van der Waals surface area contributed by atoms with Gasteiger partial charge in [-0.3, -0.25) is 9.59 Å². The van der Waals surface area contributed by atoms with Gasteiger partial charge in [-0.1, -0.05) is 12.1 Å². The quantitative estimate of drug-likeness (QED) is 0.783. The summed E-state index contributed by atoms with van der Waals surface area (Å²) in [6.07, 6.45) is 0.169. The van der Waals surface area contributed by atoms with Gasteiger partial charge < -0.3 is 4.84 Å². The summed E-state index contributed by atoms with van der Waals surface area (Å²) in [5.41, 5.74) is 1.01. The molecule has 0 atom stereocenters. The first-order valence-corrected chi connectivity index (χ1v) is 6.13. The Bertz CT molecular complexity index is 505. The highest BCUT2D eigenvalue weighted by Crippen LogP contribution is 2.22. The molecule has 1 aliphatic heterocycles. The van der Waals surface area contributed by atoms with E-state index in [0.717, 1.165) is 0 Å². The largest absolute Gasteiger partial charge is 0.365 e. The number of benzene rings is 1. The van der Waals surface area contributed by atoms with Crippen LogP contribution >= 0.6 is 15.9 Å². The fourth-order valence-corrected chi connectivity index (χ4v) is 2.30. The standard InChI is InChI=1S/C12H10BrNO4/c1-7-3-2-4-8(13)11(7)12(17)18-14-9(15)5-6-10(14)16/h2-4H,5-6H2,1H3. The van der Waals surface area contributed by atoms with E-state index in [1.807, 2.05) is 0 Å². The van der Waals surface area contributed by atoms with E-state index in [0.29, 0.717) is 20.7 Å². The van der Waals surface area contributed by atoms with Crippen molar-refractivity contribution in [3.63, 3.8) is 0 Å². The molecule has 0 unspecified atom stereocenters. The van der Waals surface area contributed by atoms with Crippen molar-refractivity contribution in [3.8, 4) is 0 Å². The zero-order valence-electron chi connectivity index (χ0n) is 9.60. The Hall–Kier alpha value is -1.69. The number of hydroxylamine groups is 2. The van der Waals surface area contributed by atoms with E-state index in [1.165, 1.54) is 0 Å². The van der Waals surface area contributed by atoms with Crippen LogP contribution in [0.5, 0.6) is 0 Å². The zero-order chi connectivity index (χ0) is 13.3. The number of carbonyl (C=O) groups excluding carboxylic acids is 3. The zero-order valence-corrected chi connectivity index (χ0v) is 11.2. The first kappa shape index (κ1) is 12.8. The van der Waals surface area contributed by atoms with Crippen molar-refractivity contribution in [3.05, 3.63) is 33.8 Å². The van der Waals surface area contributed by atoms with E-state index in [9.17, 15) is 14.4 Å². The molecule has 1 aliphatic rings. The molecule has 2 rings (SSSR count). The monoisotopic (exact) mass is 311 g/mol. The third-order valence-electron chi connectivity index (χ3n) is 2.61. The summed E-state index contributed by atoms with van der Waals surface area (Å²) in [6.45, 7) is 1.75. The van der Waals surface area contributed by atoms with Crippen molar-refractivity contribution in [2.24, 2.45) is 0 Å². The third kappa shape index (κ3) is 2.28. The summed E-state index contributed by atoms with van der Waals surface area (Å²) < 4.78 is 0.562. The summed E-state index contributed by atoms with van der Waals surface area (Å²) in [5.74, 6) is -1.69. The lowest BCUT2D eigenvalue weighted by Gasteiger charge is -2.14. The average Bonchev–Trinajstić information content (AvgIpc) is 2.60. The van der Waals surface area contributed by atoms with Gasteiger partial charge in [-0.2, -0.15) is 0 Å². The van der Waals surface area contributed by atoms with E-state index in [2.05, 4.69) is 15.9 Å². The van der Waals surface area contributed by atoms with Crippen LogP contribution in [0.15, 0.2) is 22.7 Å². The van der Waals surface area contributed by atoms with Crippen LogP contribution in [0.4, 0.5) is 0 Å². The smallest absolute Gasteiger partial charge is 0.325 e. The minimum Gasteiger partial charge on any atom is -0.325 e. The molecule has 0 bridgehead atoms. The van der Waals surface area contributed by atoms with E-state index in [-0.39, 0.29) is 12.8 Å². The molecule has 2 amide bonds. The van der Waals surface area contributed by atoms with Crippen molar-refractivity contribution >= 4 is 33.7 Å². The van der Waals surface area contributed by atoms with Crippen molar-refractivity contribution in [1.29, 1.82) is 0 Å². The maximum Gasteiger partial charge on any atom is 0.365 e. The summed E-state index contributed by atoms with van der Waals surface area (Å²) in [4.78, 5) is 39.5. The predicted octanol–water partition coefficient (Wildman–Crippen LogP) is 1.98. The van der Waals surface area contributed by atoms with Crippen LogP contribution in [-0.4, -0.2) is 22.8 Å². The second-order valence-electron chi connectivity index (χ2n) is 3.89. The normalized spacial score (nSPS) is 15.1. The number of amides is 2. The van der Waals surface area contributed by atoms with Crippen LogP contribution in [0.25, 0.3) is 0 Å². The van der Waals surface area contributed by atoms with Gasteiger partial charge in [-0.05, 0) is 34.5 Å². The fraction of sp³-hybridized carbons (Fsp3) is 0.250. The third-order valence-corrected chi connectivity index (χ3v) is 3.27. The predicted molar refractivity (Wildman–Crippen MR) is 65.4 cm³/mol. The van der Waals surface area contributed by atoms with Gasteiger partial charge in [0.2, 0.25) is 0 Å². The molecular formula is C12H10BrNO4. The van der Waals surface area contributed by atoms with Crippen molar-refractivity contribution in [2.75, 3.05) is 0 Å². The van der Waals surface area contributed by atoms with Gasteiger partial charge in [0.25, 0.3) is 11.8 Å². The van der Waals surface area contributed by atoms with Crippen molar-refractivity contribution in [1.82, 2.24) is 5.06 Å². The molecule has 0 spiro atoms. The van der Waals surface area contributed by atoms with Crippen molar-refractivity contribution < 1.29 is 19.2 Å². The Morgan fingerprint density at radius 1 is 1.28 bits per heavy atom. The van der Waals surface area contributed by atoms with Crippen LogP contribution in [-0.2, 0) is 14.4 Å². The summed E-state index contributed by atoms with van der Waals surface area (Å²) >= 11 is 3.24. The molecule has 1 aromatic rings. The second kappa shape index (κ2) is 4.89. The van der Waals surface area contributed by atoms with Crippen LogP contribution < -0.4 is 0 Å². The molecule has 1 saturated heterocycles. The molecule has 0 radical (unpaired) electrons. The Labute approximate surface area is 112 Å². The molecule has 0 N–H and O–H groups in total. The molecule has 94 valence electrons. The molecule has 1 fully saturated rings. The minimum atomic E-state index is -0.719. The van der Waals surface area contributed by atoms with Gasteiger partial charge in [0.15, 0.2) is 0 Å². The summed E-state index contributed by atoms with van der Waals surface area (Å²) in [6, 6.07) is 5.22. The minimum absolute atomic E-state index is 0.0844. The molecule has 1 aromatic carbocycles. The van der Waals surface area contributed by atoms with Crippen LogP contribution in [0.1, 0.15) is 28.8 Å². The van der Waals surface area contributed by atoms with Gasteiger partial charge in [-0.15, -0.1) is 5.06 Å². The lowest BCUT2D eigenvalue weighted by Crippen LogP contribution is -2.32.